The van der Waals surface area contributed by atoms with E-state index >= 15 is 0 Å². The van der Waals surface area contributed by atoms with Gasteiger partial charge in [0.15, 0.2) is 11.9 Å². The quantitative estimate of drug-likeness (QED) is 0.356. The van der Waals surface area contributed by atoms with Crippen molar-refractivity contribution in [3.63, 3.8) is 0 Å². The van der Waals surface area contributed by atoms with Gasteiger partial charge in [0.2, 0.25) is 0 Å². The fraction of sp³-hybridized carbons (Fsp3) is 0.375. The largest absolute Gasteiger partial charge is 0.284 e. The first-order chi connectivity index (χ1) is 5.54. The first kappa shape index (κ1) is 8.64. The van der Waals surface area contributed by atoms with Crippen LogP contribution in [0.2, 0.25) is 0 Å². The molecule has 4 nitrogen and oxygen atoms in total. The van der Waals surface area contributed by atoms with Crippen molar-refractivity contribution in [3.8, 4) is 0 Å². The molecule has 0 aliphatic carbocycles. The normalized spacial score (nSPS) is 9.92. The fourth-order valence-corrected chi connectivity index (χ4v) is 1.07. The van der Waals surface area contributed by atoms with Crippen LogP contribution in [0.5, 0.6) is 0 Å². The van der Waals surface area contributed by atoms with Gasteiger partial charge >= 0.3 is 0 Å². The Morgan fingerprint density at radius 1 is 1.50 bits per heavy atom. The molecule has 1 rings (SSSR count). The fourth-order valence-electron chi connectivity index (χ4n) is 1.07. The lowest BCUT2D eigenvalue weighted by atomic mass is 10.2. The summed E-state index contributed by atoms with van der Waals surface area (Å²) in [5, 5.41) is 10.5. The van der Waals surface area contributed by atoms with Gasteiger partial charge in [0.05, 0.1) is 16.6 Å². The number of pyridine rings is 1. The minimum absolute atomic E-state index is 0.186. The molecule has 0 aromatic carbocycles. The second-order valence-electron chi connectivity index (χ2n) is 2.78. The summed E-state index contributed by atoms with van der Waals surface area (Å²) < 4.78 is 1.86. The first-order valence-corrected chi connectivity index (χ1v) is 3.64. The van der Waals surface area contributed by atoms with E-state index in [0.29, 0.717) is 0 Å². The molecule has 0 radical (unpaired) electrons. The summed E-state index contributed by atoms with van der Waals surface area (Å²) in [6, 6.07) is 1.52. The minimum atomic E-state index is -0.359. The molecule has 1 heterocycles. The Balaban J connectivity index is 3.36. The predicted octanol–water partition coefficient (Wildman–Crippen LogP) is 1.04. The molecule has 1 aromatic rings. The summed E-state index contributed by atoms with van der Waals surface area (Å²) in [7, 11) is 1.87. The zero-order valence-corrected chi connectivity index (χ0v) is 7.37. The van der Waals surface area contributed by atoms with E-state index in [1.54, 1.807) is 13.1 Å². The number of hydrogen-bond acceptors (Lipinski definition) is 2. The number of nitro groups is 1. The molecule has 0 aliphatic rings. The van der Waals surface area contributed by atoms with E-state index in [9.17, 15) is 10.1 Å². The average Bonchev–Trinajstić information content (AvgIpc) is 2.00. The summed E-state index contributed by atoms with van der Waals surface area (Å²) in [6.07, 6.45) is 1.69. The van der Waals surface area contributed by atoms with Crippen molar-refractivity contribution in [2.24, 2.45) is 7.05 Å². The Bertz CT molecular complexity index is 334. The third-order valence-electron chi connectivity index (χ3n) is 2.11. The molecule has 64 valence electrons. The SMILES string of the molecule is Cc1c([N+](=O)[O-])cc[n+](C)c1C. The van der Waals surface area contributed by atoms with E-state index in [0.717, 1.165) is 11.3 Å². The van der Waals surface area contributed by atoms with Crippen LogP contribution >= 0.6 is 0 Å². The van der Waals surface area contributed by atoms with Gasteiger partial charge in [-0.05, 0) is 6.92 Å². The molecule has 0 N–H and O–H groups in total. The van der Waals surface area contributed by atoms with Crippen molar-refractivity contribution in [1.29, 1.82) is 0 Å². The maximum atomic E-state index is 10.5. The summed E-state index contributed by atoms with van der Waals surface area (Å²) in [6.45, 7) is 3.62. The van der Waals surface area contributed by atoms with Gasteiger partial charge in [-0.3, -0.25) is 10.1 Å². The van der Waals surface area contributed by atoms with Crippen molar-refractivity contribution in [2.75, 3.05) is 0 Å². The highest BCUT2D eigenvalue weighted by Gasteiger charge is 2.17. The zero-order valence-electron chi connectivity index (χ0n) is 7.37. The highest BCUT2D eigenvalue weighted by molar-refractivity contribution is 5.37. The molecular weight excluding hydrogens is 156 g/mol. The van der Waals surface area contributed by atoms with E-state index in [-0.39, 0.29) is 10.6 Å². The number of rotatable bonds is 1. The number of nitrogens with zero attached hydrogens (tertiary/aromatic N) is 2. The van der Waals surface area contributed by atoms with Crippen molar-refractivity contribution in [3.05, 3.63) is 33.6 Å². The van der Waals surface area contributed by atoms with Crippen LogP contribution in [0, 0.1) is 24.0 Å². The molecule has 0 aliphatic heterocycles. The molecule has 0 saturated carbocycles. The van der Waals surface area contributed by atoms with Crippen LogP contribution in [0.1, 0.15) is 11.3 Å². The summed E-state index contributed by atoms with van der Waals surface area (Å²) in [5.41, 5.74) is 1.83. The Kier molecular flexibility index (Phi) is 2.08. The third-order valence-corrected chi connectivity index (χ3v) is 2.11. The maximum absolute atomic E-state index is 10.5. The van der Waals surface area contributed by atoms with E-state index in [1.807, 2.05) is 18.5 Å². The van der Waals surface area contributed by atoms with Gasteiger partial charge in [-0.15, -0.1) is 0 Å². The molecule has 0 fully saturated rings. The van der Waals surface area contributed by atoms with E-state index in [1.165, 1.54) is 6.07 Å². The molecule has 0 saturated heterocycles. The van der Waals surface area contributed by atoms with Gasteiger partial charge in [-0.2, -0.15) is 0 Å². The molecule has 0 amide bonds. The van der Waals surface area contributed by atoms with Gasteiger partial charge < -0.3 is 0 Å². The minimum Gasteiger partial charge on any atom is -0.258 e. The second kappa shape index (κ2) is 2.89. The highest BCUT2D eigenvalue weighted by Crippen LogP contribution is 2.16. The van der Waals surface area contributed by atoms with Gasteiger partial charge in [-0.25, -0.2) is 4.57 Å². The number of aryl methyl sites for hydroxylation is 1. The second-order valence-corrected chi connectivity index (χ2v) is 2.78. The van der Waals surface area contributed by atoms with Crippen molar-refractivity contribution in [1.82, 2.24) is 0 Å². The standard InChI is InChI=1S/C8H11N2O2/c1-6-7(2)9(3)5-4-8(6)10(11)12/h4-5H,1-3H3/q+1. The Labute approximate surface area is 70.6 Å². The molecule has 4 heteroatoms. The Morgan fingerprint density at radius 2 is 2.08 bits per heavy atom. The lowest BCUT2D eigenvalue weighted by Crippen LogP contribution is -2.32. The van der Waals surface area contributed by atoms with E-state index in [2.05, 4.69) is 0 Å². The average molecular weight is 167 g/mol. The monoisotopic (exact) mass is 167 g/mol. The Hall–Kier alpha value is -1.45. The van der Waals surface area contributed by atoms with Crippen LogP contribution in [0.15, 0.2) is 12.3 Å². The van der Waals surface area contributed by atoms with Gasteiger partial charge in [-0.1, -0.05) is 0 Å². The molecular formula is C8H11N2O2+. The summed E-state index contributed by atoms with van der Waals surface area (Å²) in [4.78, 5) is 10.1. The lowest BCUT2D eigenvalue weighted by molar-refractivity contribution is -0.678. The molecule has 1 aromatic heterocycles. The van der Waals surface area contributed by atoms with Crippen LogP contribution in [-0.4, -0.2) is 4.92 Å². The first-order valence-electron chi connectivity index (χ1n) is 3.64. The third kappa shape index (κ3) is 1.28. The molecule has 12 heavy (non-hydrogen) atoms. The highest BCUT2D eigenvalue weighted by atomic mass is 16.6. The van der Waals surface area contributed by atoms with Gasteiger partial charge in [0.25, 0.3) is 5.69 Å². The lowest BCUT2D eigenvalue weighted by Gasteiger charge is -1.98. The van der Waals surface area contributed by atoms with Gasteiger partial charge in [0.1, 0.15) is 7.05 Å². The van der Waals surface area contributed by atoms with Crippen molar-refractivity contribution < 1.29 is 9.49 Å². The zero-order chi connectivity index (χ0) is 9.30. The van der Waals surface area contributed by atoms with E-state index < -0.39 is 0 Å². The maximum Gasteiger partial charge on any atom is 0.284 e. The smallest absolute Gasteiger partial charge is 0.258 e. The van der Waals surface area contributed by atoms with Crippen molar-refractivity contribution in [2.45, 2.75) is 13.8 Å². The van der Waals surface area contributed by atoms with Crippen LogP contribution in [0.3, 0.4) is 0 Å². The van der Waals surface area contributed by atoms with Crippen LogP contribution in [0.25, 0.3) is 0 Å². The van der Waals surface area contributed by atoms with Crippen LogP contribution < -0.4 is 4.57 Å². The summed E-state index contributed by atoms with van der Waals surface area (Å²) >= 11 is 0. The molecule has 0 bridgehead atoms. The predicted molar refractivity (Wildman–Crippen MR) is 43.7 cm³/mol. The van der Waals surface area contributed by atoms with Crippen molar-refractivity contribution >= 4 is 5.69 Å². The van der Waals surface area contributed by atoms with Gasteiger partial charge in [0, 0.05) is 6.92 Å². The topological polar surface area (TPSA) is 47.0 Å². The van der Waals surface area contributed by atoms with Crippen LogP contribution in [0.4, 0.5) is 5.69 Å². The molecule has 0 spiro atoms. The molecule has 0 atom stereocenters. The number of hydrogen-bond donors (Lipinski definition) is 0. The number of aromatic nitrogens is 1. The van der Waals surface area contributed by atoms with Crippen LogP contribution in [-0.2, 0) is 7.05 Å². The summed E-state index contributed by atoms with van der Waals surface area (Å²) in [5.74, 6) is 0. The van der Waals surface area contributed by atoms with E-state index in [4.69, 9.17) is 0 Å². The Morgan fingerprint density at radius 3 is 2.58 bits per heavy atom. The molecule has 0 unspecified atom stereocenters.